The summed E-state index contributed by atoms with van der Waals surface area (Å²) in [5.74, 6) is 0. The van der Waals surface area contributed by atoms with Crippen molar-refractivity contribution in [3.8, 4) is 0 Å². The molecule has 12 heavy (non-hydrogen) atoms. The third kappa shape index (κ3) is 1.99. The first-order valence-corrected chi connectivity index (χ1v) is 4.32. The summed E-state index contributed by atoms with van der Waals surface area (Å²) in [6.07, 6.45) is 7.79. The highest BCUT2D eigenvalue weighted by Crippen LogP contribution is 2.14. The van der Waals surface area contributed by atoms with E-state index in [2.05, 4.69) is 56.0 Å². The zero-order valence-electron chi connectivity index (χ0n) is 8.41. The average molecular weight is 164 g/mol. The lowest BCUT2D eigenvalue weighted by Crippen LogP contribution is -2.46. The van der Waals surface area contributed by atoms with Gasteiger partial charge in [0.2, 0.25) is 0 Å². The molecule has 0 unspecified atom stereocenters. The van der Waals surface area contributed by atoms with E-state index in [-0.39, 0.29) is 0 Å². The standard InChI is InChI=1S/C9H17BN2/c1-11(2)10(12(3)4)9-7-5-6-8-9/h5,7-8H,6H2,1-4H3. The van der Waals surface area contributed by atoms with Crippen molar-refractivity contribution in [2.24, 2.45) is 0 Å². The van der Waals surface area contributed by atoms with Crippen molar-refractivity contribution in [3.05, 3.63) is 23.7 Å². The van der Waals surface area contributed by atoms with Gasteiger partial charge in [0.25, 0.3) is 0 Å². The molecule has 0 aromatic carbocycles. The summed E-state index contributed by atoms with van der Waals surface area (Å²) >= 11 is 0. The Balaban J connectivity index is 2.72. The van der Waals surface area contributed by atoms with Crippen LogP contribution in [0, 0.1) is 0 Å². The van der Waals surface area contributed by atoms with Crippen molar-refractivity contribution in [1.82, 2.24) is 9.62 Å². The van der Waals surface area contributed by atoms with E-state index in [1.807, 2.05) is 0 Å². The molecule has 0 aromatic rings. The predicted octanol–water partition coefficient (Wildman–Crippen LogP) is 1.02. The minimum atomic E-state index is 0.420. The van der Waals surface area contributed by atoms with E-state index in [0.29, 0.717) is 6.98 Å². The summed E-state index contributed by atoms with van der Waals surface area (Å²) in [6, 6.07) is 0. The summed E-state index contributed by atoms with van der Waals surface area (Å²) in [7, 11) is 8.44. The molecule has 66 valence electrons. The van der Waals surface area contributed by atoms with Gasteiger partial charge in [-0.25, -0.2) is 0 Å². The number of allylic oxidation sites excluding steroid dienone is 4. The van der Waals surface area contributed by atoms with Crippen LogP contribution in [0.4, 0.5) is 0 Å². The van der Waals surface area contributed by atoms with E-state index in [4.69, 9.17) is 0 Å². The van der Waals surface area contributed by atoms with Crippen LogP contribution < -0.4 is 0 Å². The van der Waals surface area contributed by atoms with Gasteiger partial charge in [0.05, 0.1) is 0 Å². The minimum Gasteiger partial charge on any atom is -0.330 e. The number of nitrogens with zero attached hydrogens (tertiary/aromatic N) is 2. The van der Waals surface area contributed by atoms with Gasteiger partial charge in [0.15, 0.2) is 0 Å². The first-order valence-electron chi connectivity index (χ1n) is 4.32. The first-order chi connectivity index (χ1) is 5.63. The smallest absolute Gasteiger partial charge is 0.330 e. The van der Waals surface area contributed by atoms with Crippen LogP contribution in [0.1, 0.15) is 6.42 Å². The highest BCUT2D eigenvalue weighted by atomic mass is 15.2. The van der Waals surface area contributed by atoms with Crippen molar-refractivity contribution in [1.29, 1.82) is 0 Å². The molecule has 0 aromatic heterocycles. The van der Waals surface area contributed by atoms with Gasteiger partial charge in [0.1, 0.15) is 0 Å². The van der Waals surface area contributed by atoms with E-state index >= 15 is 0 Å². The van der Waals surface area contributed by atoms with Gasteiger partial charge in [-0.2, -0.15) is 0 Å². The van der Waals surface area contributed by atoms with Crippen molar-refractivity contribution in [3.63, 3.8) is 0 Å². The highest BCUT2D eigenvalue weighted by molar-refractivity contribution is 6.61. The minimum absolute atomic E-state index is 0.420. The molecular formula is C9H17BN2. The fourth-order valence-corrected chi connectivity index (χ4v) is 1.73. The molecule has 1 aliphatic carbocycles. The Morgan fingerprint density at radius 1 is 1.17 bits per heavy atom. The van der Waals surface area contributed by atoms with Crippen molar-refractivity contribution < 1.29 is 0 Å². The van der Waals surface area contributed by atoms with Crippen LogP contribution in [-0.4, -0.2) is 44.8 Å². The van der Waals surface area contributed by atoms with E-state index in [1.54, 1.807) is 0 Å². The molecule has 0 atom stereocenters. The Morgan fingerprint density at radius 2 is 1.75 bits per heavy atom. The number of hydrogen-bond donors (Lipinski definition) is 0. The molecule has 0 spiro atoms. The van der Waals surface area contributed by atoms with Crippen LogP contribution in [0.3, 0.4) is 0 Å². The van der Waals surface area contributed by atoms with Crippen LogP contribution >= 0.6 is 0 Å². The molecular weight excluding hydrogens is 147 g/mol. The summed E-state index contributed by atoms with van der Waals surface area (Å²) in [6.45, 7) is 0.420. The van der Waals surface area contributed by atoms with Gasteiger partial charge in [0, 0.05) is 0 Å². The molecule has 1 aliphatic rings. The molecule has 0 N–H and O–H groups in total. The summed E-state index contributed by atoms with van der Waals surface area (Å²) < 4.78 is 0. The Labute approximate surface area is 75.7 Å². The fraction of sp³-hybridized carbons (Fsp3) is 0.556. The summed E-state index contributed by atoms with van der Waals surface area (Å²) in [5.41, 5.74) is 1.41. The molecule has 0 amide bonds. The normalized spacial score (nSPS) is 16.0. The molecule has 0 bridgehead atoms. The van der Waals surface area contributed by atoms with E-state index in [0.717, 1.165) is 6.42 Å². The maximum Gasteiger partial charge on any atom is 0.345 e. The van der Waals surface area contributed by atoms with Gasteiger partial charge >= 0.3 is 6.98 Å². The lowest BCUT2D eigenvalue weighted by molar-refractivity contribution is 0.527. The summed E-state index contributed by atoms with van der Waals surface area (Å²) in [4.78, 5) is 4.45. The molecule has 2 nitrogen and oxygen atoms in total. The van der Waals surface area contributed by atoms with Crippen LogP contribution in [-0.2, 0) is 0 Å². The Bertz CT molecular complexity index is 199. The monoisotopic (exact) mass is 164 g/mol. The van der Waals surface area contributed by atoms with Gasteiger partial charge < -0.3 is 9.62 Å². The van der Waals surface area contributed by atoms with Crippen LogP contribution in [0.2, 0.25) is 0 Å². The maximum atomic E-state index is 2.28. The lowest BCUT2D eigenvalue weighted by atomic mass is 9.65. The second kappa shape index (κ2) is 3.92. The van der Waals surface area contributed by atoms with Crippen LogP contribution in [0.15, 0.2) is 23.7 Å². The van der Waals surface area contributed by atoms with Gasteiger partial charge in [-0.15, -0.1) is 0 Å². The van der Waals surface area contributed by atoms with Crippen molar-refractivity contribution in [2.45, 2.75) is 6.42 Å². The average Bonchev–Trinajstić information content (AvgIpc) is 2.37. The second-order valence-electron chi connectivity index (χ2n) is 3.64. The van der Waals surface area contributed by atoms with E-state index in [1.165, 1.54) is 5.47 Å². The molecule has 0 saturated carbocycles. The SMILES string of the molecule is CN(C)B(C1=CCC=C1)N(C)C. The molecule has 3 heteroatoms. The van der Waals surface area contributed by atoms with Gasteiger partial charge in [-0.3, -0.25) is 0 Å². The molecule has 0 fully saturated rings. The molecule has 1 rings (SSSR count). The Kier molecular flexibility index (Phi) is 3.12. The van der Waals surface area contributed by atoms with E-state index in [9.17, 15) is 0 Å². The quantitative estimate of drug-likeness (QED) is 0.574. The number of hydrogen-bond acceptors (Lipinski definition) is 2. The van der Waals surface area contributed by atoms with Gasteiger partial charge in [-0.1, -0.05) is 18.2 Å². The fourth-order valence-electron chi connectivity index (χ4n) is 1.73. The Morgan fingerprint density at radius 3 is 2.08 bits per heavy atom. The largest absolute Gasteiger partial charge is 0.345 e. The topological polar surface area (TPSA) is 6.48 Å². The molecule has 0 heterocycles. The zero-order chi connectivity index (χ0) is 9.14. The predicted molar refractivity (Wildman–Crippen MR) is 55.0 cm³/mol. The van der Waals surface area contributed by atoms with E-state index < -0.39 is 0 Å². The van der Waals surface area contributed by atoms with Crippen LogP contribution in [0.5, 0.6) is 0 Å². The highest BCUT2D eigenvalue weighted by Gasteiger charge is 2.24. The molecule has 0 radical (unpaired) electrons. The summed E-state index contributed by atoms with van der Waals surface area (Å²) in [5, 5.41) is 0. The maximum absolute atomic E-state index is 2.28. The molecule has 0 saturated heterocycles. The van der Waals surface area contributed by atoms with Crippen molar-refractivity contribution in [2.75, 3.05) is 28.2 Å². The third-order valence-electron chi connectivity index (χ3n) is 2.08. The zero-order valence-corrected chi connectivity index (χ0v) is 8.41. The van der Waals surface area contributed by atoms with Crippen LogP contribution in [0.25, 0.3) is 0 Å². The first kappa shape index (κ1) is 9.55. The Hall–Kier alpha value is -0.535. The number of rotatable bonds is 3. The van der Waals surface area contributed by atoms with Gasteiger partial charge in [-0.05, 0) is 40.1 Å². The van der Waals surface area contributed by atoms with Crippen molar-refractivity contribution >= 4 is 6.98 Å². The third-order valence-corrected chi connectivity index (χ3v) is 2.08. The lowest BCUT2D eigenvalue weighted by Gasteiger charge is -2.26. The second-order valence-corrected chi connectivity index (χ2v) is 3.64. The molecule has 0 aliphatic heterocycles.